The zero-order valence-electron chi connectivity index (χ0n) is 10.9. The first-order valence-corrected chi connectivity index (χ1v) is 6.69. The number of carbonyl (C=O) groups is 1. The Balaban J connectivity index is 2.32. The van der Waals surface area contributed by atoms with Crippen LogP contribution >= 0.6 is 15.9 Å². The second kappa shape index (κ2) is 6.01. The van der Waals surface area contributed by atoms with E-state index in [9.17, 15) is 19.3 Å². The molecule has 2 aromatic rings. The predicted octanol–water partition coefficient (Wildman–Crippen LogP) is 4.06. The van der Waals surface area contributed by atoms with Crippen molar-refractivity contribution >= 4 is 33.2 Å². The molecular weight excluding hydrogens is 343 g/mol. The summed E-state index contributed by atoms with van der Waals surface area (Å²) in [7, 11) is 0. The number of halogens is 2. The minimum atomic E-state index is -0.789. The maximum Gasteiger partial charge on any atom is 0.285 e. The third-order valence-electron chi connectivity index (χ3n) is 2.83. The molecule has 0 aromatic heterocycles. The summed E-state index contributed by atoms with van der Waals surface area (Å²) in [5.41, 5.74) is 0.702. The summed E-state index contributed by atoms with van der Waals surface area (Å²) in [6.45, 7) is 1.89. The van der Waals surface area contributed by atoms with Gasteiger partial charge in [0, 0.05) is 10.2 Å². The Morgan fingerprint density at radius 3 is 2.62 bits per heavy atom. The quantitative estimate of drug-likeness (QED) is 0.668. The summed E-state index contributed by atoms with van der Waals surface area (Å²) in [5.74, 6) is -1.44. The molecule has 0 saturated carbocycles. The Morgan fingerprint density at radius 2 is 2.00 bits per heavy atom. The fourth-order valence-electron chi connectivity index (χ4n) is 1.72. The fraction of sp³-hybridized carbons (Fsp3) is 0.0714. The summed E-state index contributed by atoms with van der Waals surface area (Å²) < 4.78 is 13.9. The van der Waals surface area contributed by atoms with Gasteiger partial charge in [-0.05, 0) is 36.8 Å². The summed E-state index contributed by atoms with van der Waals surface area (Å²) >= 11 is 3.33. The average Bonchev–Trinajstić information content (AvgIpc) is 2.42. The SMILES string of the molecule is Cc1ccc(NC(=O)c2ccc(F)cc2[N+](=O)[O-])cc1Br. The first-order chi connectivity index (χ1) is 9.88. The minimum absolute atomic E-state index is 0.196. The van der Waals surface area contributed by atoms with Gasteiger partial charge in [-0.25, -0.2) is 4.39 Å². The van der Waals surface area contributed by atoms with E-state index in [1.807, 2.05) is 6.92 Å². The van der Waals surface area contributed by atoms with Gasteiger partial charge in [-0.1, -0.05) is 22.0 Å². The van der Waals surface area contributed by atoms with Crippen molar-refractivity contribution < 1.29 is 14.1 Å². The van der Waals surface area contributed by atoms with Crippen LogP contribution in [0.15, 0.2) is 40.9 Å². The zero-order valence-corrected chi connectivity index (χ0v) is 12.5. The van der Waals surface area contributed by atoms with Crippen LogP contribution in [-0.2, 0) is 0 Å². The monoisotopic (exact) mass is 352 g/mol. The number of hydrogen-bond donors (Lipinski definition) is 1. The molecule has 0 unspecified atom stereocenters. The number of nitrogens with zero attached hydrogens (tertiary/aromatic N) is 1. The highest BCUT2D eigenvalue weighted by molar-refractivity contribution is 9.10. The van der Waals surface area contributed by atoms with E-state index in [0.717, 1.165) is 28.2 Å². The van der Waals surface area contributed by atoms with Gasteiger partial charge in [0.15, 0.2) is 0 Å². The van der Waals surface area contributed by atoms with E-state index in [-0.39, 0.29) is 5.56 Å². The summed E-state index contributed by atoms with van der Waals surface area (Å²) in [6.07, 6.45) is 0. The Bertz CT molecular complexity index is 734. The molecule has 1 N–H and O–H groups in total. The predicted molar refractivity (Wildman–Crippen MR) is 79.9 cm³/mol. The third kappa shape index (κ3) is 3.43. The number of aryl methyl sites for hydroxylation is 1. The molecule has 0 fully saturated rings. The first kappa shape index (κ1) is 15.1. The van der Waals surface area contributed by atoms with Gasteiger partial charge in [-0.2, -0.15) is 0 Å². The number of nitrogens with one attached hydrogen (secondary N) is 1. The second-order valence-corrected chi connectivity index (χ2v) is 5.19. The normalized spacial score (nSPS) is 10.2. The van der Waals surface area contributed by atoms with Crippen LogP contribution in [0, 0.1) is 22.9 Å². The van der Waals surface area contributed by atoms with Crippen LogP contribution in [0.5, 0.6) is 0 Å². The van der Waals surface area contributed by atoms with E-state index in [1.165, 1.54) is 0 Å². The zero-order chi connectivity index (χ0) is 15.6. The van der Waals surface area contributed by atoms with Crippen molar-refractivity contribution in [2.45, 2.75) is 6.92 Å². The van der Waals surface area contributed by atoms with E-state index in [0.29, 0.717) is 5.69 Å². The fourth-order valence-corrected chi connectivity index (χ4v) is 2.10. The smallest absolute Gasteiger partial charge is 0.285 e. The molecular formula is C14H10BrFN2O3. The third-order valence-corrected chi connectivity index (χ3v) is 3.69. The number of amides is 1. The number of nitro benzene ring substituents is 1. The molecule has 7 heteroatoms. The lowest BCUT2D eigenvalue weighted by Gasteiger charge is -2.07. The van der Waals surface area contributed by atoms with Crippen LogP contribution in [0.1, 0.15) is 15.9 Å². The number of benzene rings is 2. The van der Waals surface area contributed by atoms with E-state index >= 15 is 0 Å². The minimum Gasteiger partial charge on any atom is -0.322 e. The van der Waals surface area contributed by atoms with Gasteiger partial charge >= 0.3 is 0 Å². The molecule has 0 spiro atoms. The molecule has 108 valence electrons. The standard InChI is InChI=1S/C14H10BrFN2O3/c1-8-2-4-10(7-12(8)15)17-14(19)11-5-3-9(16)6-13(11)18(20)21/h2-7H,1H3,(H,17,19). The molecule has 0 aliphatic rings. The van der Waals surface area contributed by atoms with Crippen LogP contribution in [0.2, 0.25) is 0 Å². The van der Waals surface area contributed by atoms with Gasteiger partial charge in [0.05, 0.1) is 11.0 Å². The highest BCUT2D eigenvalue weighted by Crippen LogP contribution is 2.24. The van der Waals surface area contributed by atoms with Crippen molar-refractivity contribution in [3.8, 4) is 0 Å². The molecule has 0 aliphatic heterocycles. The van der Waals surface area contributed by atoms with Gasteiger partial charge in [0.25, 0.3) is 11.6 Å². The molecule has 0 heterocycles. The summed E-state index contributed by atoms with van der Waals surface area (Å²) in [6, 6.07) is 7.97. The van der Waals surface area contributed by atoms with E-state index in [2.05, 4.69) is 21.2 Å². The van der Waals surface area contributed by atoms with Gasteiger partial charge in [0.2, 0.25) is 0 Å². The number of carbonyl (C=O) groups excluding carboxylic acids is 1. The lowest BCUT2D eigenvalue weighted by molar-refractivity contribution is -0.385. The lowest BCUT2D eigenvalue weighted by Crippen LogP contribution is -2.14. The Hall–Kier alpha value is -2.28. The number of nitro groups is 1. The Labute approximate surface area is 128 Å². The average molecular weight is 353 g/mol. The largest absolute Gasteiger partial charge is 0.322 e. The maximum atomic E-state index is 13.1. The molecule has 2 rings (SSSR count). The van der Waals surface area contributed by atoms with Crippen molar-refractivity contribution in [1.29, 1.82) is 0 Å². The van der Waals surface area contributed by atoms with E-state index in [1.54, 1.807) is 18.2 Å². The number of anilines is 1. The van der Waals surface area contributed by atoms with Crippen molar-refractivity contribution in [3.05, 3.63) is 67.9 Å². The van der Waals surface area contributed by atoms with Crippen LogP contribution in [0.4, 0.5) is 15.8 Å². The molecule has 0 radical (unpaired) electrons. The van der Waals surface area contributed by atoms with Crippen LogP contribution in [-0.4, -0.2) is 10.8 Å². The topological polar surface area (TPSA) is 72.2 Å². The number of rotatable bonds is 3. The molecule has 0 atom stereocenters. The van der Waals surface area contributed by atoms with E-state index in [4.69, 9.17) is 0 Å². The van der Waals surface area contributed by atoms with Crippen molar-refractivity contribution in [2.24, 2.45) is 0 Å². The van der Waals surface area contributed by atoms with Gasteiger partial charge in [0.1, 0.15) is 11.4 Å². The van der Waals surface area contributed by atoms with Gasteiger partial charge in [-0.3, -0.25) is 14.9 Å². The second-order valence-electron chi connectivity index (χ2n) is 4.34. The lowest BCUT2D eigenvalue weighted by atomic mass is 10.1. The van der Waals surface area contributed by atoms with Gasteiger partial charge in [-0.15, -0.1) is 0 Å². The van der Waals surface area contributed by atoms with Crippen LogP contribution < -0.4 is 5.32 Å². The Morgan fingerprint density at radius 1 is 1.29 bits per heavy atom. The summed E-state index contributed by atoms with van der Waals surface area (Å²) in [4.78, 5) is 22.2. The van der Waals surface area contributed by atoms with Crippen LogP contribution in [0.25, 0.3) is 0 Å². The summed E-state index contributed by atoms with van der Waals surface area (Å²) in [5, 5.41) is 13.4. The Kier molecular flexibility index (Phi) is 4.32. The molecule has 2 aromatic carbocycles. The molecule has 5 nitrogen and oxygen atoms in total. The highest BCUT2D eigenvalue weighted by Gasteiger charge is 2.21. The molecule has 0 saturated heterocycles. The molecule has 21 heavy (non-hydrogen) atoms. The van der Waals surface area contributed by atoms with E-state index < -0.39 is 22.3 Å². The highest BCUT2D eigenvalue weighted by atomic mass is 79.9. The first-order valence-electron chi connectivity index (χ1n) is 5.90. The van der Waals surface area contributed by atoms with Crippen molar-refractivity contribution in [3.63, 3.8) is 0 Å². The molecule has 0 bridgehead atoms. The maximum absolute atomic E-state index is 13.1. The van der Waals surface area contributed by atoms with Crippen LogP contribution in [0.3, 0.4) is 0 Å². The van der Waals surface area contributed by atoms with Crippen molar-refractivity contribution in [1.82, 2.24) is 0 Å². The van der Waals surface area contributed by atoms with Crippen molar-refractivity contribution in [2.75, 3.05) is 5.32 Å². The van der Waals surface area contributed by atoms with Gasteiger partial charge < -0.3 is 5.32 Å². The molecule has 1 amide bonds. The molecule has 0 aliphatic carbocycles. The number of hydrogen-bond acceptors (Lipinski definition) is 3.